The molecule has 0 aromatic carbocycles. The van der Waals surface area contributed by atoms with E-state index in [1.165, 1.54) is 12.8 Å². The fourth-order valence-electron chi connectivity index (χ4n) is 1.15. The van der Waals surface area contributed by atoms with Crippen molar-refractivity contribution in [1.29, 1.82) is 0 Å². The van der Waals surface area contributed by atoms with Crippen molar-refractivity contribution in [3.63, 3.8) is 0 Å². The van der Waals surface area contributed by atoms with Crippen LogP contribution in [0.3, 0.4) is 0 Å². The van der Waals surface area contributed by atoms with E-state index in [9.17, 15) is 0 Å². The lowest BCUT2D eigenvalue weighted by Gasteiger charge is -2.03. The first-order valence-corrected chi connectivity index (χ1v) is 6.32. The Morgan fingerprint density at radius 2 is 2.14 bits per heavy atom. The second-order valence-corrected chi connectivity index (χ2v) is 4.70. The van der Waals surface area contributed by atoms with Crippen molar-refractivity contribution in [3.8, 4) is 0 Å². The molecule has 0 amide bonds. The molecule has 1 rings (SSSR count). The molecular formula is C9H15Br2N3. The van der Waals surface area contributed by atoms with Gasteiger partial charge >= 0.3 is 0 Å². The minimum atomic E-state index is 0.820. The Bertz CT molecular complexity index is 296. The van der Waals surface area contributed by atoms with Gasteiger partial charge < -0.3 is 9.88 Å². The lowest BCUT2D eigenvalue weighted by molar-refractivity contribution is 0.607. The summed E-state index contributed by atoms with van der Waals surface area (Å²) in [7, 11) is 2.00. The average Bonchev–Trinajstić information content (AvgIpc) is 2.41. The van der Waals surface area contributed by atoms with Crippen LogP contribution in [0.5, 0.6) is 0 Å². The van der Waals surface area contributed by atoms with Crippen molar-refractivity contribution in [2.75, 3.05) is 6.54 Å². The Morgan fingerprint density at radius 1 is 1.43 bits per heavy atom. The van der Waals surface area contributed by atoms with Gasteiger partial charge in [-0.1, -0.05) is 13.3 Å². The molecular weight excluding hydrogens is 310 g/mol. The summed E-state index contributed by atoms with van der Waals surface area (Å²) in [5.41, 5.74) is 0. The SMILES string of the molecule is CCCCNCc1nc(Br)c(Br)n1C. The van der Waals surface area contributed by atoms with Crippen LogP contribution in [-0.2, 0) is 13.6 Å². The predicted octanol–water partition coefficient (Wildman–Crippen LogP) is 2.83. The van der Waals surface area contributed by atoms with Crippen LogP contribution in [0.2, 0.25) is 0 Å². The maximum Gasteiger partial charge on any atom is 0.139 e. The van der Waals surface area contributed by atoms with Crippen LogP contribution in [0.1, 0.15) is 25.6 Å². The van der Waals surface area contributed by atoms with Gasteiger partial charge in [-0.15, -0.1) is 0 Å². The first kappa shape index (κ1) is 12.2. The Labute approximate surface area is 102 Å². The summed E-state index contributed by atoms with van der Waals surface area (Å²) in [5, 5.41) is 3.36. The Kier molecular flexibility index (Phi) is 5.12. The molecule has 0 aliphatic heterocycles. The van der Waals surface area contributed by atoms with Gasteiger partial charge in [0.25, 0.3) is 0 Å². The van der Waals surface area contributed by atoms with E-state index in [0.29, 0.717) is 0 Å². The molecule has 0 atom stereocenters. The molecule has 0 fully saturated rings. The van der Waals surface area contributed by atoms with Crippen molar-refractivity contribution in [3.05, 3.63) is 15.0 Å². The third-order valence-electron chi connectivity index (χ3n) is 2.07. The van der Waals surface area contributed by atoms with E-state index in [1.807, 2.05) is 11.6 Å². The number of halogens is 2. The fourth-order valence-corrected chi connectivity index (χ4v) is 1.91. The zero-order chi connectivity index (χ0) is 10.6. The molecule has 0 bridgehead atoms. The normalized spacial score (nSPS) is 10.9. The van der Waals surface area contributed by atoms with Crippen LogP contribution in [0, 0.1) is 0 Å². The monoisotopic (exact) mass is 323 g/mol. The highest BCUT2D eigenvalue weighted by Crippen LogP contribution is 2.22. The van der Waals surface area contributed by atoms with Crippen LogP contribution in [0.4, 0.5) is 0 Å². The highest BCUT2D eigenvalue weighted by molar-refractivity contribution is 9.13. The molecule has 0 saturated carbocycles. The van der Waals surface area contributed by atoms with Crippen molar-refractivity contribution in [2.45, 2.75) is 26.3 Å². The van der Waals surface area contributed by atoms with Crippen LogP contribution in [0.25, 0.3) is 0 Å². The molecule has 0 radical (unpaired) electrons. The molecule has 0 aliphatic rings. The van der Waals surface area contributed by atoms with E-state index < -0.39 is 0 Å². The first-order valence-electron chi connectivity index (χ1n) is 4.74. The summed E-state index contributed by atoms with van der Waals surface area (Å²) in [4.78, 5) is 4.38. The second-order valence-electron chi connectivity index (χ2n) is 3.20. The maximum absolute atomic E-state index is 4.38. The van der Waals surface area contributed by atoms with E-state index in [0.717, 1.165) is 28.1 Å². The number of nitrogens with zero attached hydrogens (tertiary/aromatic N) is 2. The molecule has 3 nitrogen and oxygen atoms in total. The van der Waals surface area contributed by atoms with Gasteiger partial charge in [0, 0.05) is 7.05 Å². The molecule has 1 N–H and O–H groups in total. The second kappa shape index (κ2) is 5.88. The lowest BCUT2D eigenvalue weighted by atomic mass is 10.3. The molecule has 1 aromatic heterocycles. The topological polar surface area (TPSA) is 29.9 Å². The zero-order valence-electron chi connectivity index (χ0n) is 8.48. The van der Waals surface area contributed by atoms with Gasteiger partial charge in [-0.05, 0) is 44.8 Å². The van der Waals surface area contributed by atoms with Crippen LogP contribution < -0.4 is 5.32 Å². The Morgan fingerprint density at radius 3 is 2.64 bits per heavy atom. The molecule has 0 spiro atoms. The highest BCUT2D eigenvalue weighted by atomic mass is 79.9. The third-order valence-corrected chi connectivity index (χ3v) is 4.06. The van der Waals surface area contributed by atoms with E-state index in [4.69, 9.17) is 0 Å². The smallest absolute Gasteiger partial charge is 0.139 e. The Balaban J connectivity index is 2.47. The minimum Gasteiger partial charge on any atom is -0.324 e. The summed E-state index contributed by atoms with van der Waals surface area (Å²) in [6.07, 6.45) is 2.44. The van der Waals surface area contributed by atoms with Gasteiger partial charge in [0.2, 0.25) is 0 Å². The van der Waals surface area contributed by atoms with E-state index in [1.54, 1.807) is 0 Å². The van der Waals surface area contributed by atoms with Crippen molar-refractivity contribution in [2.24, 2.45) is 7.05 Å². The van der Waals surface area contributed by atoms with Crippen molar-refractivity contribution in [1.82, 2.24) is 14.9 Å². The standard InChI is InChI=1S/C9H15Br2N3/c1-3-4-5-12-6-7-13-8(10)9(11)14(7)2/h12H,3-6H2,1-2H3. The molecule has 5 heteroatoms. The number of hydrogen-bond donors (Lipinski definition) is 1. The van der Waals surface area contributed by atoms with Crippen LogP contribution >= 0.6 is 31.9 Å². The van der Waals surface area contributed by atoms with Gasteiger partial charge in [-0.25, -0.2) is 4.98 Å². The maximum atomic E-state index is 4.38. The van der Waals surface area contributed by atoms with Gasteiger partial charge in [-0.2, -0.15) is 0 Å². The van der Waals surface area contributed by atoms with E-state index >= 15 is 0 Å². The number of unbranched alkanes of at least 4 members (excludes halogenated alkanes) is 1. The molecule has 0 saturated heterocycles. The largest absolute Gasteiger partial charge is 0.324 e. The summed E-state index contributed by atoms with van der Waals surface area (Å²) in [6, 6.07) is 0. The average molecular weight is 325 g/mol. The van der Waals surface area contributed by atoms with Gasteiger partial charge in [0.05, 0.1) is 6.54 Å². The van der Waals surface area contributed by atoms with Crippen molar-refractivity contribution >= 4 is 31.9 Å². The lowest BCUT2D eigenvalue weighted by Crippen LogP contribution is -2.17. The fraction of sp³-hybridized carbons (Fsp3) is 0.667. The summed E-state index contributed by atoms with van der Waals surface area (Å²) in [5.74, 6) is 1.04. The van der Waals surface area contributed by atoms with Crippen molar-refractivity contribution < 1.29 is 0 Å². The van der Waals surface area contributed by atoms with Gasteiger partial charge in [-0.3, -0.25) is 0 Å². The number of rotatable bonds is 5. The van der Waals surface area contributed by atoms with Crippen LogP contribution in [0.15, 0.2) is 9.21 Å². The molecule has 14 heavy (non-hydrogen) atoms. The van der Waals surface area contributed by atoms with Gasteiger partial charge in [0.1, 0.15) is 15.0 Å². The zero-order valence-corrected chi connectivity index (χ0v) is 11.7. The first-order chi connectivity index (χ1) is 6.66. The predicted molar refractivity (Wildman–Crippen MR) is 65.2 cm³/mol. The quantitative estimate of drug-likeness (QED) is 0.844. The third kappa shape index (κ3) is 3.07. The number of aromatic nitrogens is 2. The molecule has 0 aliphatic carbocycles. The molecule has 0 unspecified atom stereocenters. The van der Waals surface area contributed by atoms with Crippen LogP contribution in [-0.4, -0.2) is 16.1 Å². The van der Waals surface area contributed by atoms with Gasteiger partial charge in [0.15, 0.2) is 0 Å². The number of hydrogen-bond acceptors (Lipinski definition) is 2. The number of nitrogens with one attached hydrogen (secondary N) is 1. The number of imidazole rings is 1. The molecule has 1 heterocycles. The minimum absolute atomic E-state index is 0.820. The summed E-state index contributed by atoms with van der Waals surface area (Å²) >= 11 is 6.83. The van der Waals surface area contributed by atoms with E-state index in [2.05, 4.69) is 49.1 Å². The summed E-state index contributed by atoms with van der Waals surface area (Å²) < 4.78 is 3.89. The molecule has 1 aromatic rings. The summed E-state index contributed by atoms with van der Waals surface area (Å²) in [6.45, 7) is 4.06. The van der Waals surface area contributed by atoms with E-state index in [-0.39, 0.29) is 0 Å². The Hall–Kier alpha value is 0.130. The highest BCUT2D eigenvalue weighted by Gasteiger charge is 2.08. The molecule has 80 valence electrons.